The molecule has 9 N–H and O–H groups in total. The lowest BCUT2D eigenvalue weighted by Gasteiger charge is -2.28. The molecule has 12 rings (SSSR count). The van der Waals surface area contributed by atoms with Crippen LogP contribution in [0.3, 0.4) is 0 Å². The first kappa shape index (κ1) is 75.7. The maximum Gasteiger partial charge on any atom is 0.355 e. The molecule has 0 radical (unpaired) electrons. The van der Waals surface area contributed by atoms with Crippen LogP contribution < -0.4 is 31.9 Å². The van der Waals surface area contributed by atoms with Crippen LogP contribution in [0.1, 0.15) is 94.2 Å². The number of carbonyl (C=O) groups is 8. The van der Waals surface area contributed by atoms with Gasteiger partial charge in [-0.3, -0.25) is 30.0 Å². The Morgan fingerprint density at radius 3 is 1.53 bits per heavy atom. The number of carboxylic acid groups (broad SMARTS) is 1. The summed E-state index contributed by atoms with van der Waals surface area (Å²) in [4.78, 5) is 110. The zero-order valence-electron chi connectivity index (χ0n) is 52.6. The smallest absolute Gasteiger partial charge is 0.355 e. The number of urea groups is 6. The quantitative estimate of drug-likeness (QED) is 0.0490. The number of amides is 13. The SMILES string of the molecule is C=C1CCN(Cc2[nH]ncc2Br)C(=O)N1.C=C1CCN(Cc2ccncc2Br)C(=O)N1.C=C1CCN(Cc2nc(C(=O)O)cs2)C(=O)N1.C=C1CCN(Cc2nn(C)cc2Br)C(=O)N1.C=C1CCN(Cc2sccc2Br)C(=O)N1.CC(F)(F)c1cc(CN2CCC(=O)NC2=O)[nH]n1. The molecule has 0 spiro atoms. The van der Waals surface area contributed by atoms with Crippen LogP contribution in [0.25, 0.3) is 0 Å². The van der Waals surface area contributed by atoms with Crippen LogP contribution in [-0.4, -0.2) is 162 Å². The number of aromatic carboxylic acids is 1. The normalized spacial score (nSPS) is 16.5. The maximum atomic E-state index is 13.0. The molecule has 29 nitrogen and oxygen atoms in total. The number of imide groups is 1. The minimum Gasteiger partial charge on any atom is -0.476 e. The van der Waals surface area contributed by atoms with Crippen molar-refractivity contribution in [2.75, 3.05) is 39.3 Å². The van der Waals surface area contributed by atoms with Crippen LogP contribution in [0.2, 0.25) is 0 Å². The molecule has 0 unspecified atom stereocenters. The Balaban J connectivity index is 0.000000164. The molecule has 518 valence electrons. The average Bonchev–Trinajstić information content (AvgIpc) is 1.96. The average molecular weight is 1640 g/mol. The Morgan fingerprint density at radius 1 is 0.598 bits per heavy atom. The Labute approximate surface area is 597 Å². The van der Waals surface area contributed by atoms with Gasteiger partial charge in [0.25, 0.3) is 5.92 Å². The van der Waals surface area contributed by atoms with E-state index >= 15 is 0 Å². The molecule has 6 aromatic heterocycles. The lowest BCUT2D eigenvalue weighted by Crippen LogP contribution is -2.48. The van der Waals surface area contributed by atoms with E-state index in [1.165, 1.54) is 32.6 Å². The van der Waals surface area contributed by atoms with E-state index < -0.39 is 17.9 Å². The summed E-state index contributed by atoms with van der Waals surface area (Å²) in [6.07, 6.45) is 11.1. The van der Waals surface area contributed by atoms with Crippen molar-refractivity contribution in [2.45, 2.75) is 90.6 Å². The van der Waals surface area contributed by atoms with Gasteiger partial charge in [-0.05, 0) is 92.9 Å². The van der Waals surface area contributed by atoms with Gasteiger partial charge in [-0.1, -0.05) is 32.9 Å². The highest BCUT2D eigenvalue weighted by Crippen LogP contribution is 2.28. The van der Waals surface area contributed by atoms with Gasteiger partial charge in [0.05, 0.1) is 64.9 Å². The lowest BCUT2D eigenvalue weighted by atomic mass is 10.2. The molecule has 37 heteroatoms. The van der Waals surface area contributed by atoms with Gasteiger partial charge < -0.3 is 61.1 Å². The molecule has 13 amide bonds. The number of hydrogen-bond acceptors (Lipinski definition) is 15. The number of aromatic nitrogens is 8. The van der Waals surface area contributed by atoms with Crippen LogP contribution in [-0.2, 0) is 57.0 Å². The molecule has 6 aliphatic rings. The van der Waals surface area contributed by atoms with E-state index in [1.807, 2.05) is 30.8 Å². The molecule has 97 heavy (non-hydrogen) atoms. The molecule has 0 atom stereocenters. The van der Waals surface area contributed by atoms with Crippen molar-refractivity contribution in [3.63, 3.8) is 0 Å². The fraction of sp³-hybridized carbons (Fsp3) is 0.350. The zero-order chi connectivity index (χ0) is 70.7. The summed E-state index contributed by atoms with van der Waals surface area (Å²) in [6.45, 7) is 25.8. The number of nitrogens with zero attached hydrogens (tertiary/aromatic N) is 12. The van der Waals surface area contributed by atoms with Gasteiger partial charge in [-0.15, -0.1) is 22.7 Å². The van der Waals surface area contributed by atoms with Crippen molar-refractivity contribution >= 4 is 134 Å². The number of carbonyl (C=O) groups excluding carboxylic acids is 7. The number of rotatable bonds is 14. The predicted molar refractivity (Wildman–Crippen MR) is 370 cm³/mol. The Kier molecular flexibility index (Phi) is 27.8. The summed E-state index contributed by atoms with van der Waals surface area (Å²) in [6, 6.07) is 4.04. The van der Waals surface area contributed by atoms with Crippen LogP contribution in [0, 0.1) is 0 Å². The first-order valence-electron chi connectivity index (χ1n) is 29.5. The number of thiazole rings is 1. The fourth-order valence-corrected chi connectivity index (χ4v) is 12.6. The monoisotopic (exact) mass is 1630 g/mol. The van der Waals surface area contributed by atoms with Crippen molar-refractivity contribution in [1.82, 2.24) is 101 Å². The van der Waals surface area contributed by atoms with Crippen LogP contribution in [0.4, 0.5) is 37.5 Å². The molecule has 6 saturated heterocycles. The van der Waals surface area contributed by atoms with Crippen molar-refractivity contribution in [3.8, 4) is 0 Å². The van der Waals surface area contributed by atoms with E-state index in [1.54, 1.807) is 59.1 Å². The second-order valence-corrected chi connectivity index (χ2v) is 27.5. The molecular weight excluding hydrogens is 1570 g/mol. The first-order chi connectivity index (χ1) is 46.0. The lowest BCUT2D eigenvalue weighted by molar-refractivity contribution is -0.121. The van der Waals surface area contributed by atoms with E-state index in [0.717, 1.165) is 96.8 Å². The third kappa shape index (κ3) is 23.6. The van der Waals surface area contributed by atoms with E-state index in [2.05, 4.69) is 164 Å². The zero-order valence-corrected chi connectivity index (χ0v) is 60.6. The summed E-state index contributed by atoms with van der Waals surface area (Å²) < 4.78 is 31.4. The minimum atomic E-state index is -3.02. The Morgan fingerprint density at radius 2 is 1.09 bits per heavy atom. The highest BCUT2D eigenvalue weighted by Gasteiger charge is 2.30. The molecule has 0 aliphatic carbocycles. The number of halogens is 6. The molecular formula is C60H70Br4F2N20O9S2. The number of aromatic amines is 2. The van der Waals surface area contributed by atoms with Crippen LogP contribution >= 0.6 is 86.4 Å². The van der Waals surface area contributed by atoms with Gasteiger partial charge in [0.15, 0.2) is 5.69 Å². The third-order valence-corrected chi connectivity index (χ3v) is 19.2. The molecule has 6 fully saturated rings. The molecule has 6 aliphatic heterocycles. The predicted octanol–water partition coefficient (Wildman–Crippen LogP) is 10.7. The van der Waals surface area contributed by atoms with Crippen LogP contribution in [0.15, 0.2) is 133 Å². The van der Waals surface area contributed by atoms with Crippen molar-refractivity contribution in [2.24, 2.45) is 7.05 Å². The summed E-state index contributed by atoms with van der Waals surface area (Å²) >= 11 is 16.5. The van der Waals surface area contributed by atoms with E-state index in [4.69, 9.17) is 5.11 Å². The van der Waals surface area contributed by atoms with Gasteiger partial charge in [0.1, 0.15) is 10.7 Å². The highest BCUT2D eigenvalue weighted by molar-refractivity contribution is 9.11. The van der Waals surface area contributed by atoms with E-state index in [9.17, 15) is 47.1 Å². The topological polar surface area (TPSA) is 349 Å². The minimum absolute atomic E-state index is 0.0202. The second kappa shape index (κ2) is 35.6. The van der Waals surface area contributed by atoms with Gasteiger partial charge in [-0.25, -0.2) is 38.5 Å². The number of pyridine rings is 1. The molecule has 12 heterocycles. The first-order valence-corrected chi connectivity index (χ1v) is 34.4. The van der Waals surface area contributed by atoms with Gasteiger partial charge in [0, 0.05) is 165 Å². The Bertz CT molecular complexity index is 3850. The number of alkyl halides is 2. The summed E-state index contributed by atoms with van der Waals surface area (Å²) in [5.41, 5.74) is 6.73. The third-order valence-electron chi connectivity index (χ3n) is 14.4. The van der Waals surface area contributed by atoms with Gasteiger partial charge >= 0.3 is 42.2 Å². The number of thiophene rings is 1. The second-order valence-electron chi connectivity index (χ2n) is 22.1. The summed E-state index contributed by atoms with van der Waals surface area (Å²) in [5.74, 6) is -4.40. The standard InChI is InChI=1S/C11H12BrN3O.C10H13BrN4O.C10H11BrN2OS.C10H12F2N4O2.C10H11N3O3S.C9H11BrN4O/c1-8-3-5-15(11(16)14-8)7-9-2-4-13-6-10(9)12;1-7-3-4-15(10(16)12-7)6-9-8(11)5-14(2)13-9;1-7-2-4-13(10(14)12-7)6-9-8(11)3-5-15-9;1-10(11,12)7-4-6(14-15-7)5-16-3-2-8(17)13-9(16)18;1-6-2-3-13(10(16)11-6)4-8-12-7(5-17-8)9(14)15;1-6-2-3-14(9(15)12-6)5-8-7(10)4-11-13-8/h2,4,6H,1,3,5,7H2,(H,14,16);5H,1,3-4,6H2,2H3,(H,12,16);3,5H,1-2,4,6H2,(H,12,14);4H,2-3,5H2,1H3,(H,14,15)(H,13,17,18);5H,1-4H2,(H,11,16)(H,14,15);4H,1-3,5H2,(H,11,13)(H,12,15). The molecule has 0 aromatic carbocycles. The number of aryl methyl sites for hydroxylation is 1. The molecule has 0 bridgehead atoms. The Hall–Kier alpha value is -8.65. The van der Waals surface area contributed by atoms with Crippen LogP contribution in [0.5, 0.6) is 0 Å². The number of H-pyrrole nitrogens is 2. The van der Waals surface area contributed by atoms with Crippen molar-refractivity contribution in [3.05, 3.63) is 177 Å². The maximum absolute atomic E-state index is 13.0. The number of carboxylic acids is 1. The van der Waals surface area contributed by atoms with Crippen molar-refractivity contribution in [1.29, 1.82) is 0 Å². The molecule has 6 aromatic rings. The van der Waals surface area contributed by atoms with Crippen molar-refractivity contribution < 1.29 is 52.2 Å². The van der Waals surface area contributed by atoms with Gasteiger partial charge in [0.2, 0.25) is 5.91 Å². The highest BCUT2D eigenvalue weighted by atomic mass is 79.9. The van der Waals surface area contributed by atoms with E-state index in [0.29, 0.717) is 81.7 Å². The van der Waals surface area contributed by atoms with Gasteiger partial charge in [-0.2, -0.15) is 24.1 Å². The largest absolute Gasteiger partial charge is 0.476 e. The number of hydrogen-bond donors (Lipinski definition) is 9. The number of nitrogens with one attached hydrogen (secondary N) is 8. The van der Waals surface area contributed by atoms with E-state index in [-0.39, 0.29) is 67.0 Å². The summed E-state index contributed by atoms with van der Waals surface area (Å²) in [7, 11) is 1.85. The molecule has 0 saturated carbocycles. The fourth-order valence-electron chi connectivity index (χ4n) is 9.09. The summed E-state index contributed by atoms with van der Waals surface area (Å²) in [5, 5.41) is 45.5.